The Hall–Kier alpha value is -1.66. The van der Waals surface area contributed by atoms with Crippen LogP contribution in [0.2, 0.25) is 0 Å². The fraction of sp³-hybridized carbons (Fsp3) is 0.500. The molecule has 1 aliphatic heterocycles. The first kappa shape index (κ1) is 12.8. The lowest BCUT2D eigenvalue weighted by molar-refractivity contribution is 0.0398. The fourth-order valence-corrected chi connectivity index (χ4v) is 1.94. The van der Waals surface area contributed by atoms with Crippen LogP contribution in [0.1, 0.15) is 0 Å². The van der Waals surface area contributed by atoms with Gasteiger partial charge in [-0.15, -0.1) is 4.91 Å². The minimum Gasteiger partial charge on any atom is -0.397 e. The van der Waals surface area contributed by atoms with Crippen LogP contribution in [-0.2, 0) is 4.74 Å². The van der Waals surface area contributed by atoms with Crippen LogP contribution in [-0.4, -0.2) is 44.3 Å². The summed E-state index contributed by atoms with van der Waals surface area (Å²) in [6.07, 6.45) is 0. The Balaban J connectivity index is 1.80. The first-order valence-electron chi connectivity index (χ1n) is 6.06. The molecule has 6 heteroatoms. The van der Waals surface area contributed by atoms with Gasteiger partial charge >= 0.3 is 0 Å². The zero-order valence-electron chi connectivity index (χ0n) is 10.3. The molecule has 0 aliphatic carbocycles. The zero-order valence-corrected chi connectivity index (χ0v) is 10.3. The van der Waals surface area contributed by atoms with Crippen molar-refractivity contribution in [1.29, 1.82) is 0 Å². The molecule has 1 fully saturated rings. The average Bonchev–Trinajstić information content (AvgIpc) is 2.42. The minimum atomic E-state index is 0.353. The van der Waals surface area contributed by atoms with E-state index in [1.807, 2.05) is 0 Å². The third-order valence-corrected chi connectivity index (χ3v) is 2.99. The van der Waals surface area contributed by atoms with Crippen molar-refractivity contribution in [2.75, 3.05) is 50.4 Å². The van der Waals surface area contributed by atoms with Gasteiger partial charge in [0.25, 0.3) is 0 Å². The van der Waals surface area contributed by atoms with Gasteiger partial charge in [0.05, 0.1) is 24.6 Å². The highest BCUT2D eigenvalue weighted by Gasteiger charge is 2.09. The third kappa shape index (κ3) is 3.41. The number of nitrogens with zero attached hydrogens (tertiary/aromatic N) is 2. The summed E-state index contributed by atoms with van der Waals surface area (Å²) in [5, 5.41) is 6.11. The first-order chi connectivity index (χ1) is 8.79. The highest BCUT2D eigenvalue weighted by atomic mass is 16.5. The van der Waals surface area contributed by atoms with Gasteiger partial charge in [0, 0.05) is 26.2 Å². The predicted molar refractivity (Wildman–Crippen MR) is 72.1 cm³/mol. The molecule has 0 saturated carbocycles. The molecule has 3 N–H and O–H groups in total. The molecule has 2 rings (SSSR count). The van der Waals surface area contributed by atoms with Crippen LogP contribution in [0.25, 0.3) is 0 Å². The number of ether oxygens (including phenoxy) is 1. The number of anilines is 2. The van der Waals surface area contributed by atoms with Crippen LogP contribution in [0.4, 0.5) is 17.1 Å². The molecule has 0 aromatic heterocycles. The highest BCUT2D eigenvalue weighted by Crippen LogP contribution is 2.24. The van der Waals surface area contributed by atoms with Crippen LogP contribution in [0, 0.1) is 4.91 Å². The third-order valence-electron chi connectivity index (χ3n) is 2.99. The summed E-state index contributed by atoms with van der Waals surface area (Å²) < 4.78 is 5.29. The maximum Gasteiger partial charge on any atom is 0.110 e. The number of morpholine rings is 1. The quantitative estimate of drug-likeness (QED) is 0.610. The van der Waals surface area contributed by atoms with E-state index in [4.69, 9.17) is 10.5 Å². The lowest BCUT2D eigenvalue weighted by Gasteiger charge is -2.26. The summed E-state index contributed by atoms with van der Waals surface area (Å²) >= 11 is 0. The van der Waals surface area contributed by atoms with Gasteiger partial charge in [-0.1, -0.05) is 0 Å². The molecule has 0 bridgehead atoms. The molecule has 1 saturated heterocycles. The fourth-order valence-electron chi connectivity index (χ4n) is 1.94. The summed E-state index contributed by atoms with van der Waals surface area (Å²) in [4.78, 5) is 12.7. The molecule has 0 amide bonds. The van der Waals surface area contributed by atoms with E-state index in [0.717, 1.165) is 45.1 Å². The van der Waals surface area contributed by atoms with Crippen LogP contribution in [0.15, 0.2) is 23.4 Å². The average molecular weight is 250 g/mol. The van der Waals surface area contributed by atoms with Crippen molar-refractivity contribution in [3.05, 3.63) is 23.1 Å². The molecule has 1 aromatic rings. The van der Waals surface area contributed by atoms with Gasteiger partial charge in [-0.25, -0.2) is 0 Å². The van der Waals surface area contributed by atoms with Gasteiger partial charge in [-0.2, -0.15) is 0 Å². The Kier molecular flexibility index (Phi) is 4.49. The van der Waals surface area contributed by atoms with E-state index in [0.29, 0.717) is 11.4 Å². The Morgan fingerprint density at radius 2 is 2.17 bits per heavy atom. The van der Waals surface area contributed by atoms with Crippen molar-refractivity contribution < 1.29 is 4.74 Å². The SMILES string of the molecule is Nc1cc(N=O)ccc1NCCN1CCOCC1. The second kappa shape index (κ2) is 6.32. The van der Waals surface area contributed by atoms with Gasteiger partial charge in [-0.3, -0.25) is 4.90 Å². The summed E-state index contributed by atoms with van der Waals surface area (Å²) in [6, 6.07) is 5.01. The second-order valence-electron chi connectivity index (χ2n) is 4.24. The maximum atomic E-state index is 10.3. The van der Waals surface area contributed by atoms with Crippen LogP contribution in [0.3, 0.4) is 0 Å². The van der Waals surface area contributed by atoms with E-state index >= 15 is 0 Å². The van der Waals surface area contributed by atoms with Gasteiger partial charge < -0.3 is 15.8 Å². The molecule has 0 spiro atoms. The number of nitrogens with one attached hydrogen (secondary N) is 1. The summed E-state index contributed by atoms with van der Waals surface area (Å²) in [5.74, 6) is 0. The molecule has 6 nitrogen and oxygen atoms in total. The van der Waals surface area contributed by atoms with Crippen LogP contribution in [0.5, 0.6) is 0 Å². The van der Waals surface area contributed by atoms with E-state index in [1.165, 1.54) is 0 Å². The van der Waals surface area contributed by atoms with Crippen molar-refractivity contribution in [3.8, 4) is 0 Å². The van der Waals surface area contributed by atoms with Crippen molar-refractivity contribution in [2.24, 2.45) is 5.18 Å². The topological polar surface area (TPSA) is 79.9 Å². The number of nitroso groups, excluding NO2 is 1. The van der Waals surface area contributed by atoms with Gasteiger partial charge in [0.1, 0.15) is 5.69 Å². The van der Waals surface area contributed by atoms with Crippen LogP contribution >= 0.6 is 0 Å². The molecule has 1 aromatic carbocycles. The first-order valence-corrected chi connectivity index (χ1v) is 6.06. The number of hydrogen-bond donors (Lipinski definition) is 2. The van der Waals surface area contributed by atoms with Crippen molar-refractivity contribution in [1.82, 2.24) is 4.90 Å². The van der Waals surface area contributed by atoms with E-state index in [1.54, 1.807) is 18.2 Å². The molecule has 0 unspecified atom stereocenters. The van der Waals surface area contributed by atoms with Crippen LogP contribution < -0.4 is 11.1 Å². The van der Waals surface area contributed by atoms with E-state index in [2.05, 4.69) is 15.4 Å². The molecular formula is C12H18N4O2. The van der Waals surface area contributed by atoms with Gasteiger partial charge in [-0.05, 0) is 23.4 Å². The number of benzene rings is 1. The molecule has 98 valence electrons. The smallest absolute Gasteiger partial charge is 0.110 e. The van der Waals surface area contributed by atoms with Gasteiger partial charge in [0.2, 0.25) is 0 Å². The Bertz CT molecular complexity index is 405. The largest absolute Gasteiger partial charge is 0.397 e. The zero-order chi connectivity index (χ0) is 12.8. The van der Waals surface area contributed by atoms with Gasteiger partial charge in [0.15, 0.2) is 0 Å². The maximum absolute atomic E-state index is 10.3. The number of nitrogen functional groups attached to an aromatic ring is 1. The second-order valence-corrected chi connectivity index (χ2v) is 4.24. The standard InChI is InChI=1S/C12H18N4O2/c13-11-9-10(15-17)1-2-12(11)14-3-4-16-5-7-18-8-6-16/h1-2,9,14H,3-8,13H2. The Labute approximate surface area is 106 Å². The van der Waals surface area contributed by atoms with Crippen molar-refractivity contribution >= 4 is 17.1 Å². The number of rotatable bonds is 5. The van der Waals surface area contributed by atoms with E-state index in [9.17, 15) is 4.91 Å². The van der Waals surface area contributed by atoms with E-state index in [-0.39, 0.29) is 0 Å². The monoisotopic (exact) mass is 250 g/mol. The summed E-state index contributed by atoms with van der Waals surface area (Å²) in [5.41, 5.74) is 7.57. The normalized spacial score (nSPS) is 16.4. The summed E-state index contributed by atoms with van der Waals surface area (Å²) in [6.45, 7) is 5.34. The van der Waals surface area contributed by atoms with E-state index < -0.39 is 0 Å². The predicted octanol–water partition coefficient (Wildman–Crippen LogP) is 1.41. The summed E-state index contributed by atoms with van der Waals surface area (Å²) in [7, 11) is 0. The van der Waals surface area contributed by atoms with Crippen molar-refractivity contribution in [3.63, 3.8) is 0 Å². The molecule has 0 radical (unpaired) electrons. The number of nitrogens with two attached hydrogens (primary N) is 1. The molecule has 1 aliphatic rings. The van der Waals surface area contributed by atoms with Crippen molar-refractivity contribution in [2.45, 2.75) is 0 Å². The molecular weight excluding hydrogens is 232 g/mol. The lowest BCUT2D eigenvalue weighted by Crippen LogP contribution is -2.39. The minimum absolute atomic E-state index is 0.353. The highest BCUT2D eigenvalue weighted by molar-refractivity contribution is 5.70. The number of hydrogen-bond acceptors (Lipinski definition) is 6. The Morgan fingerprint density at radius 1 is 1.39 bits per heavy atom. The molecule has 18 heavy (non-hydrogen) atoms. The molecule has 0 atom stereocenters. The Morgan fingerprint density at radius 3 is 2.83 bits per heavy atom. The lowest BCUT2D eigenvalue weighted by atomic mass is 10.2. The molecule has 1 heterocycles.